The quantitative estimate of drug-likeness (QED) is 0.687. The first-order chi connectivity index (χ1) is 11.7. The van der Waals surface area contributed by atoms with Crippen molar-refractivity contribution in [3.05, 3.63) is 58.7 Å². The molecule has 0 saturated heterocycles. The maximum atomic E-state index is 6.14. The number of anilines is 4. The van der Waals surface area contributed by atoms with Crippen LogP contribution in [-0.2, 0) is 0 Å². The molecular weight excluding hydrogens is 349 g/mol. The van der Waals surface area contributed by atoms with Gasteiger partial charge in [-0.3, -0.25) is 0 Å². The molecule has 8 heteroatoms. The van der Waals surface area contributed by atoms with Gasteiger partial charge >= 0.3 is 0 Å². The van der Waals surface area contributed by atoms with E-state index in [-0.39, 0.29) is 0 Å². The summed E-state index contributed by atoms with van der Waals surface area (Å²) in [6, 6.07) is 12.6. The van der Waals surface area contributed by atoms with Gasteiger partial charge in [-0.1, -0.05) is 35.3 Å². The van der Waals surface area contributed by atoms with Crippen molar-refractivity contribution in [1.29, 1.82) is 0 Å². The van der Waals surface area contributed by atoms with Gasteiger partial charge in [0.2, 0.25) is 5.95 Å². The molecule has 0 unspecified atom stereocenters. The highest BCUT2D eigenvalue weighted by Crippen LogP contribution is 2.32. The third-order valence-electron chi connectivity index (χ3n) is 3.10. The van der Waals surface area contributed by atoms with E-state index in [1.54, 1.807) is 25.3 Å². The molecule has 0 radical (unpaired) electrons. The van der Waals surface area contributed by atoms with Crippen molar-refractivity contribution >= 4 is 46.3 Å². The Kier molecular flexibility index (Phi) is 4.98. The van der Waals surface area contributed by atoms with Crippen LogP contribution in [0, 0.1) is 0 Å². The second kappa shape index (κ2) is 7.33. The summed E-state index contributed by atoms with van der Waals surface area (Å²) in [4.78, 5) is 4.35. The number of hydrogen-bond donors (Lipinski definition) is 2. The molecule has 0 spiro atoms. The highest BCUT2D eigenvalue weighted by molar-refractivity contribution is 6.39. The van der Waals surface area contributed by atoms with Crippen LogP contribution in [0.3, 0.4) is 0 Å². The van der Waals surface area contributed by atoms with Crippen LogP contribution in [0.15, 0.2) is 48.7 Å². The van der Waals surface area contributed by atoms with E-state index in [1.165, 1.54) is 6.20 Å². The largest absolute Gasteiger partial charge is 0.497 e. The number of ether oxygens (including phenoxy) is 1. The molecule has 0 saturated carbocycles. The van der Waals surface area contributed by atoms with Gasteiger partial charge in [-0.15, -0.1) is 5.10 Å². The van der Waals surface area contributed by atoms with E-state index in [1.807, 2.05) is 24.3 Å². The number of nitrogens with zero attached hydrogens (tertiary/aromatic N) is 3. The van der Waals surface area contributed by atoms with E-state index in [9.17, 15) is 0 Å². The van der Waals surface area contributed by atoms with Crippen LogP contribution in [-0.4, -0.2) is 22.3 Å². The molecule has 6 nitrogen and oxygen atoms in total. The van der Waals surface area contributed by atoms with Gasteiger partial charge in [0.25, 0.3) is 0 Å². The lowest BCUT2D eigenvalue weighted by molar-refractivity contribution is 0.415. The SMILES string of the molecule is COc1cccc(Nc2nncc(Nc3c(Cl)cccc3Cl)n2)c1. The van der Waals surface area contributed by atoms with Crippen LogP contribution >= 0.6 is 23.2 Å². The molecule has 0 atom stereocenters. The molecule has 0 fully saturated rings. The van der Waals surface area contributed by atoms with Gasteiger partial charge in [0.05, 0.1) is 29.0 Å². The topological polar surface area (TPSA) is 72.0 Å². The summed E-state index contributed by atoms with van der Waals surface area (Å²) in [6.07, 6.45) is 1.48. The first-order valence-electron chi connectivity index (χ1n) is 6.97. The third-order valence-corrected chi connectivity index (χ3v) is 3.73. The van der Waals surface area contributed by atoms with E-state index in [0.717, 1.165) is 11.4 Å². The summed E-state index contributed by atoms with van der Waals surface area (Å²) in [5, 5.41) is 15.0. The minimum Gasteiger partial charge on any atom is -0.497 e. The Bertz CT molecular complexity index is 839. The molecule has 1 heterocycles. The fourth-order valence-corrected chi connectivity index (χ4v) is 2.48. The Morgan fingerprint density at radius 2 is 1.75 bits per heavy atom. The number of nitrogens with one attached hydrogen (secondary N) is 2. The molecule has 3 aromatic rings. The number of hydrogen-bond acceptors (Lipinski definition) is 6. The number of halogens is 2. The monoisotopic (exact) mass is 361 g/mol. The fraction of sp³-hybridized carbons (Fsp3) is 0.0625. The molecule has 24 heavy (non-hydrogen) atoms. The van der Waals surface area contributed by atoms with Gasteiger partial charge in [-0.05, 0) is 24.3 Å². The molecule has 2 N–H and O–H groups in total. The van der Waals surface area contributed by atoms with Crippen LogP contribution in [0.2, 0.25) is 10.0 Å². The normalized spacial score (nSPS) is 10.3. The van der Waals surface area contributed by atoms with Gasteiger partial charge in [-0.25, -0.2) is 0 Å². The number of rotatable bonds is 5. The summed E-state index contributed by atoms with van der Waals surface area (Å²) in [6.45, 7) is 0. The number of aromatic nitrogens is 3. The van der Waals surface area contributed by atoms with Crippen molar-refractivity contribution in [1.82, 2.24) is 15.2 Å². The van der Waals surface area contributed by atoms with Crippen LogP contribution in [0.4, 0.5) is 23.1 Å². The van der Waals surface area contributed by atoms with E-state index in [2.05, 4.69) is 25.8 Å². The Labute approximate surface area is 148 Å². The summed E-state index contributed by atoms with van der Waals surface area (Å²) < 4.78 is 5.18. The molecule has 3 rings (SSSR count). The third kappa shape index (κ3) is 3.84. The Morgan fingerprint density at radius 3 is 2.50 bits per heavy atom. The van der Waals surface area contributed by atoms with Gasteiger partial charge in [0.1, 0.15) is 5.75 Å². The zero-order valence-electron chi connectivity index (χ0n) is 12.6. The lowest BCUT2D eigenvalue weighted by atomic mass is 10.3. The van der Waals surface area contributed by atoms with Crippen LogP contribution in [0.5, 0.6) is 5.75 Å². The molecule has 2 aromatic carbocycles. The molecule has 0 amide bonds. The standard InChI is InChI=1S/C16H13Cl2N5O/c1-24-11-5-2-4-10(8-11)20-16-22-14(9-19-23-16)21-15-12(17)6-3-7-13(15)18/h2-9H,1H3,(H2,20,21,22,23). The molecule has 1 aromatic heterocycles. The molecule has 0 aliphatic heterocycles. The van der Waals surface area contributed by atoms with Crippen molar-refractivity contribution in [3.63, 3.8) is 0 Å². The minimum absolute atomic E-state index is 0.330. The lowest BCUT2D eigenvalue weighted by Crippen LogP contribution is -2.03. The van der Waals surface area contributed by atoms with Crippen LogP contribution in [0.1, 0.15) is 0 Å². The smallest absolute Gasteiger partial charge is 0.249 e. The average molecular weight is 362 g/mol. The maximum Gasteiger partial charge on any atom is 0.249 e. The average Bonchev–Trinajstić information content (AvgIpc) is 2.59. The summed E-state index contributed by atoms with van der Waals surface area (Å²) in [5.74, 6) is 1.52. The molecule has 0 aliphatic carbocycles. The summed E-state index contributed by atoms with van der Waals surface area (Å²) in [5.41, 5.74) is 1.35. The molecule has 0 bridgehead atoms. The minimum atomic E-state index is 0.330. The van der Waals surface area contributed by atoms with Crippen molar-refractivity contribution in [2.24, 2.45) is 0 Å². The predicted octanol–water partition coefficient (Wildman–Crippen LogP) is 4.67. The summed E-state index contributed by atoms with van der Waals surface area (Å²) >= 11 is 12.3. The number of para-hydroxylation sites is 1. The Balaban J connectivity index is 1.81. The van der Waals surface area contributed by atoms with Gasteiger partial charge < -0.3 is 15.4 Å². The second-order valence-electron chi connectivity index (χ2n) is 4.74. The van der Waals surface area contributed by atoms with Gasteiger partial charge in [0, 0.05) is 11.8 Å². The van der Waals surface area contributed by atoms with Gasteiger partial charge in [0.15, 0.2) is 5.82 Å². The van der Waals surface area contributed by atoms with Crippen molar-refractivity contribution < 1.29 is 4.74 Å². The number of methoxy groups -OCH3 is 1. The van der Waals surface area contributed by atoms with E-state index >= 15 is 0 Å². The highest BCUT2D eigenvalue weighted by Gasteiger charge is 2.08. The van der Waals surface area contributed by atoms with Crippen molar-refractivity contribution in [2.45, 2.75) is 0 Å². The van der Waals surface area contributed by atoms with Crippen molar-refractivity contribution in [3.8, 4) is 5.75 Å². The fourth-order valence-electron chi connectivity index (χ4n) is 1.99. The second-order valence-corrected chi connectivity index (χ2v) is 5.56. The van der Waals surface area contributed by atoms with E-state index in [0.29, 0.717) is 27.5 Å². The first kappa shape index (κ1) is 16.3. The maximum absolute atomic E-state index is 6.14. The molecule has 0 aliphatic rings. The Hall–Kier alpha value is -2.57. The first-order valence-corrected chi connectivity index (χ1v) is 7.73. The molecular formula is C16H13Cl2N5O. The Morgan fingerprint density at radius 1 is 1.00 bits per heavy atom. The zero-order chi connectivity index (χ0) is 16.9. The lowest BCUT2D eigenvalue weighted by Gasteiger charge is -2.10. The van der Waals surface area contributed by atoms with E-state index < -0.39 is 0 Å². The molecule has 122 valence electrons. The van der Waals surface area contributed by atoms with Gasteiger partial charge in [-0.2, -0.15) is 10.1 Å². The van der Waals surface area contributed by atoms with Crippen LogP contribution in [0.25, 0.3) is 0 Å². The predicted molar refractivity (Wildman–Crippen MR) is 95.8 cm³/mol. The highest BCUT2D eigenvalue weighted by atomic mass is 35.5. The zero-order valence-corrected chi connectivity index (χ0v) is 14.1. The summed E-state index contributed by atoms with van der Waals surface area (Å²) in [7, 11) is 1.61. The number of benzene rings is 2. The van der Waals surface area contributed by atoms with E-state index in [4.69, 9.17) is 27.9 Å². The van der Waals surface area contributed by atoms with Crippen LogP contribution < -0.4 is 15.4 Å². The van der Waals surface area contributed by atoms with Crippen molar-refractivity contribution in [2.75, 3.05) is 17.7 Å².